The summed E-state index contributed by atoms with van der Waals surface area (Å²) in [6.45, 7) is 9.34. The second-order valence-corrected chi connectivity index (χ2v) is 4.65. The van der Waals surface area contributed by atoms with Crippen LogP contribution in [0.15, 0.2) is 0 Å². The molecule has 0 aromatic rings. The molecule has 78 valence electrons. The minimum absolute atomic E-state index is 0.959. The van der Waals surface area contributed by atoms with E-state index in [1.165, 1.54) is 32.2 Å². The van der Waals surface area contributed by atoms with Crippen LogP contribution >= 0.6 is 0 Å². The highest BCUT2D eigenvalue weighted by molar-refractivity contribution is 4.78. The van der Waals surface area contributed by atoms with E-state index in [0.717, 1.165) is 24.3 Å². The summed E-state index contributed by atoms with van der Waals surface area (Å²) >= 11 is 0. The first-order valence-electron chi connectivity index (χ1n) is 5.98. The Morgan fingerprint density at radius 2 is 1.92 bits per heavy atom. The summed E-state index contributed by atoms with van der Waals surface area (Å²) in [5.74, 6) is 2.92. The van der Waals surface area contributed by atoms with Crippen LogP contribution in [-0.4, -0.2) is 13.1 Å². The molecule has 3 atom stereocenters. The first-order chi connectivity index (χ1) is 6.27. The molecular weight excluding hydrogens is 158 g/mol. The van der Waals surface area contributed by atoms with E-state index in [9.17, 15) is 0 Å². The lowest BCUT2D eigenvalue weighted by Gasteiger charge is -2.34. The van der Waals surface area contributed by atoms with Crippen LogP contribution in [0.2, 0.25) is 0 Å². The smallest absolute Gasteiger partial charge is 0.00180 e. The van der Waals surface area contributed by atoms with Crippen LogP contribution in [0.3, 0.4) is 0 Å². The van der Waals surface area contributed by atoms with Gasteiger partial charge in [-0.3, -0.25) is 0 Å². The van der Waals surface area contributed by atoms with Crippen LogP contribution in [0.1, 0.15) is 46.5 Å². The van der Waals surface area contributed by atoms with Crippen LogP contribution in [0.5, 0.6) is 0 Å². The van der Waals surface area contributed by atoms with E-state index >= 15 is 0 Å². The first-order valence-corrected chi connectivity index (χ1v) is 5.98. The van der Waals surface area contributed by atoms with Crippen molar-refractivity contribution >= 4 is 0 Å². The lowest BCUT2D eigenvalue weighted by Crippen LogP contribution is -2.32. The van der Waals surface area contributed by atoms with Crippen molar-refractivity contribution in [2.45, 2.75) is 46.5 Å². The summed E-state index contributed by atoms with van der Waals surface area (Å²) in [5.41, 5.74) is 0. The van der Waals surface area contributed by atoms with Crippen LogP contribution in [0.25, 0.3) is 0 Å². The molecule has 0 aliphatic heterocycles. The Hall–Kier alpha value is -0.0400. The number of rotatable bonds is 4. The van der Waals surface area contributed by atoms with Crippen molar-refractivity contribution < 1.29 is 0 Å². The van der Waals surface area contributed by atoms with Crippen molar-refractivity contribution in [2.75, 3.05) is 13.1 Å². The Labute approximate surface area is 83.3 Å². The maximum Gasteiger partial charge on any atom is -0.00180 e. The Kier molecular flexibility index (Phi) is 4.79. The van der Waals surface area contributed by atoms with Crippen molar-refractivity contribution in [3.05, 3.63) is 0 Å². The molecule has 0 heterocycles. The summed E-state index contributed by atoms with van der Waals surface area (Å²) in [5, 5.41) is 3.50. The molecule has 1 rings (SSSR count). The fourth-order valence-electron chi connectivity index (χ4n) is 2.66. The number of hydrogen-bond donors (Lipinski definition) is 1. The van der Waals surface area contributed by atoms with E-state index in [2.05, 4.69) is 26.1 Å². The standard InChI is InChI=1S/C12H25N/c1-4-11-8-10(3)6-7-12(11)9-13-5-2/h10-13H,4-9H2,1-3H3. The molecule has 3 unspecified atom stereocenters. The maximum atomic E-state index is 3.50. The molecule has 1 fully saturated rings. The second-order valence-electron chi connectivity index (χ2n) is 4.65. The summed E-state index contributed by atoms with van der Waals surface area (Å²) in [7, 11) is 0. The fraction of sp³-hybridized carbons (Fsp3) is 1.00. The molecule has 1 saturated carbocycles. The second kappa shape index (κ2) is 5.64. The van der Waals surface area contributed by atoms with Gasteiger partial charge in [0.05, 0.1) is 0 Å². The summed E-state index contributed by atoms with van der Waals surface area (Å²) in [6, 6.07) is 0. The molecule has 0 aromatic heterocycles. The summed E-state index contributed by atoms with van der Waals surface area (Å²) in [6.07, 6.45) is 5.74. The molecule has 0 radical (unpaired) electrons. The Morgan fingerprint density at radius 3 is 2.54 bits per heavy atom. The number of nitrogens with one attached hydrogen (secondary N) is 1. The fourth-order valence-corrected chi connectivity index (χ4v) is 2.66. The zero-order valence-corrected chi connectivity index (χ0v) is 9.47. The van der Waals surface area contributed by atoms with Crippen LogP contribution < -0.4 is 5.32 Å². The molecule has 1 aliphatic rings. The molecule has 1 aliphatic carbocycles. The van der Waals surface area contributed by atoms with Crippen molar-refractivity contribution in [1.82, 2.24) is 5.32 Å². The van der Waals surface area contributed by atoms with E-state index in [0.29, 0.717) is 0 Å². The van der Waals surface area contributed by atoms with E-state index in [1.807, 2.05) is 0 Å². The third kappa shape index (κ3) is 3.30. The molecule has 0 aromatic carbocycles. The Bertz CT molecular complexity index is 131. The van der Waals surface area contributed by atoms with Gasteiger partial charge in [-0.05, 0) is 43.7 Å². The average Bonchev–Trinajstić information content (AvgIpc) is 2.16. The summed E-state index contributed by atoms with van der Waals surface area (Å²) in [4.78, 5) is 0. The largest absolute Gasteiger partial charge is 0.317 e. The predicted molar refractivity (Wildman–Crippen MR) is 58.8 cm³/mol. The van der Waals surface area contributed by atoms with Gasteiger partial charge in [0.15, 0.2) is 0 Å². The van der Waals surface area contributed by atoms with Gasteiger partial charge in [-0.1, -0.05) is 33.6 Å². The van der Waals surface area contributed by atoms with Gasteiger partial charge in [-0.25, -0.2) is 0 Å². The quantitative estimate of drug-likeness (QED) is 0.706. The molecule has 1 N–H and O–H groups in total. The third-order valence-corrected chi connectivity index (χ3v) is 3.58. The van der Waals surface area contributed by atoms with Gasteiger partial charge in [0, 0.05) is 0 Å². The van der Waals surface area contributed by atoms with Crippen molar-refractivity contribution in [3.63, 3.8) is 0 Å². The van der Waals surface area contributed by atoms with Crippen LogP contribution in [0.4, 0.5) is 0 Å². The van der Waals surface area contributed by atoms with Gasteiger partial charge >= 0.3 is 0 Å². The normalized spacial score (nSPS) is 34.8. The van der Waals surface area contributed by atoms with E-state index in [-0.39, 0.29) is 0 Å². The lowest BCUT2D eigenvalue weighted by atomic mass is 9.73. The number of hydrogen-bond acceptors (Lipinski definition) is 1. The molecule has 0 saturated heterocycles. The monoisotopic (exact) mass is 183 g/mol. The highest BCUT2D eigenvalue weighted by Crippen LogP contribution is 2.35. The van der Waals surface area contributed by atoms with E-state index in [1.54, 1.807) is 0 Å². The van der Waals surface area contributed by atoms with E-state index in [4.69, 9.17) is 0 Å². The van der Waals surface area contributed by atoms with Gasteiger partial charge in [-0.2, -0.15) is 0 Å². The maximum absolute atomic E-state index is 3.50. The molecule has 0 amide bonds. The highest BCUT2D eigenvalue weighted by Gasteiger charge is 2.26. The first kappa shape index (κ1) is 11.0. The SMILES string of the molecule is CCNCC1CCC(C)CC1CC. The molecule has 1 heteroatoms. The van der Waals surface area contributed by atoms with Gasteiger partial charge in [0.2, 0.25) is 0 Å². The Balaban J connectivity index is 2.33. The van der Waals surface area contributed by atoms with Crippen LogP contribution in [0, 0.1) is 17.8 Å². The molecule has 1 nitrogen and oxygen atoms in total. The zero-order valence-electron chi connectivity index (χ0n) is 9.47. The van der Waals surface area contributed by atoms with Crippen molar-refractivity contribution in [3.8, 4) is 0 Å². The zero-order chi connectivity index (χ0) is 9.68. The predicted octanol–water partition coefficient (Wildman–Crippen LogP) is 3.06. The van der Waals surface area contributed by atoms with Crippen molar-refractivity contribution in [2.24, 2.45) is 17.8 Å². The molecule has 0 bridgehead atoms. The highest BCUT2D eigenvalue weighted by atomic mass is 14.8. The molecular formula is C12H25N. The minimum Gasteiger partial charge on any atom is -0.317 e. The van der Waals surface area contributed by atoms with Crippen LogP contribution in [-0.2, 0) is 0 Å². The van der Waals surface area contributed by atoms with Gasteiger partial charge in [0.1, 0.15) is 0 Å². The van der Waals surface area contributed by atoms with Gasteiger partial charge < -0.3 is 5.32 Å². The third-order valence-electron chi connectivity index (χ3n) is 3.58. The van der Waals surface area contributed by atoms with Gasteiger partial charge in [0.25, 0.3) is 0 Å². The summed E-state index contributed by atoms with van der Waals surface area (Å²) < 4.78 is 0. The lowest BCUT2D eigenvalue weighted by molar-refractivity contribution is 0.180. The molecule has 0 spiro atoms. The molecule has 13 heavy (non-hydrogen) atoms. The topological polar surface area (TPSA) is 12.0 Å². The minimum atomic E-state index is 0.959. The van der Waals surface area contributed by atoms with E-state index < -0.39 is 0 Å². The average molecular weight is 183 g/mol. The van der Waals surface area contributed by atoms with Crippen molar-refractivity contribution in [1.29, 1.82) is 0 Å². The van der Waals surface area contributed by atoms with Gasteiger partial charge in [-0.15, -0.1) is 0 Å². The Morgan fingerprint density at radius 1 is 1.15 bits per heavy atom.